The number of nitrogens with zero attached hydrogens (tertiary/aromatic N) is 2. The van der Waals surface area contributed by atoms with Crippen LogP contribution in [0.15, 0.2) is 48.5 Å². The summed E-state index contributed by atoms with van der Waals surface area (Å²) >= 11 is 0. The summed E-state index contributed by atoms with van der Waals surface area (Å²) in [6.45, 7) is 3.54. The topological polar surface area (TPSA) is 84.7 Å². The predicted octanol–water partition coefficient (Wildman–Crippen LogP) is 3.89. The number of piperidine rings is 1. The molecule has 1 aliphatic heterocycles. The number of hydrogen-bond donors (Lipinski definition) is 1. The minimum Gasteiger partial charge on any atom is -0.496 e. The molecule has 29 heavy (non-hydrogen) atoms. The Balaban J connectivity index is 1.57. The first-order chi connectivity index (χ1) is 14.0. The molecule has 1 aliphatic rings. The first-order valence-corrected chi connectivity index (χ1v) is 9.89. The van der Waals surface area contributed by atoms with Gasteiger partial charge in [-0.05, 0) is 62.9 Å². The standard InChI is InChI=1S/C22H27N3O4/c1-16(22(26)23-20-9-8-19(29-2)15-21(20)25(27)28)24-12-10-18(11-13-24)14-17-6-4-3-5-7-17/h3-9,15-16,18H,10-14H2,1-2H3,(H,23,26)/t16-/m1/s1. The number of rotatable bonds is 7. The van der Waals surface area contributed by atoms with Crippen LogP contribution in [0.1, 0.15) is 25.3 Å². The van der Waals surface area contributed by atoms with Gasteiger partial charge in [0.2, 0.25) is 5.91 Å². The van der Waals surface area contributed by atoms with Gasteiger partial charge in [-0.25, -0.2) is 0 Å². The van der Waals surface area contributed by atoms with Crippen molar-refractivity contribution in [3.63, 3.8) is 0 Å². The number of anilines is 1. The van der Waals surface area contributed by atoms with Crippen LogP contribution < -0.4 is 10.1 Å². The summed E-state index contributed by atoms with van der Waals surface area (Å²) in [7, 11) is 1.45. The van der Waals surface area contributed by atoms with E-state index in [1.54, 1.807) is 6.07 Å². The zero-order chi connectivity index (χ0) is 20.8. The summed E-state index contributed by atoms with van der Waals surface area (Å²) in [5, 5.41) is 14.0. The van der Waals surface area contributed by atoms with E-state index in [4.69, 9.17) is 4.74 Å². The molecule has 0 unspecified atom stereocenters. The predicted molar refractivity (Wildman–Crippen MR) is 112 cm³/mol. The lowest BCUT2D eigenvalue weighted by Crippen LogP contribution is -2.46. The van der Waals surface area contributed by atoms with Crippen LogP contribution in [0, 0.1) is 16.0 Å². The van der Waals surface area contributed by atoms with Crippen LogP contribution in [0.3, 0.4) is 0 Å². The molecule has 0 aromatic heterocycles. The molecule has 1 fully saturated rings. The van der Waals surface area contributed by atoms with Crippen molar-refractivity contribution in [2.24, 2.45) is 5.92 Å². The highest BCUT2D eigenvalue weighted by atomic mass is 16.6. The Morgan fingerprint density at radius 2 is 1.93 bits per heavy atom. The molecular weight excluding hydrogens is 370 g/mol. The van der Waals surface area contributed by atoms with Crippen molar-refractivity contribution in [2.45, 2.75) is 32.2 Å². The average molecular weight is 397 g/mol. The van der Waals surface area contributed by atoms with E-state index in [1.807, 2.05) is 13.0 Å². The van der Waals surface area contributed by atoms with Crippen molar-refractivity contribution < 1.29 is 14.5 Å². The van der Waals surface area contributed by atoms with Crippen molar-refractivity contribution in [1.82, 2.24) is 4.90 Å². The van der Waals surface area contributed by atoms with Crippen molar-refractivity contribution in [3.05, 3.63) is 64.2 Å². The van der Waals surface area contributed by atoms with E-state index in [0.717, 1.165) is 32.4 Å². The second kappa shape index (κ2) is 9.52. The van der Waals surface area contributed by atoms with E-state index in [0.29, 0.717) is 11.7 Å². The fourth-order valence-corrected chi connectivity index (χ4v) is 3.79. The van der Waals surface area contributed by atoms with E-state index in [-0.39, 0.29) is 23.3 Å². The van der Waals surface area contributed by atoms with Gasteiger partial charge in [-0.2, -0.15) is 0 Å². The van der Waals surface area contributed by atoms with Crippen molar-refractivity contribution in [1.29, 1.82) is 0 Å². The molecule has 0 saturated carbocycles. The number of ether oxygens (including phenoxy) is 1. The molecule has 1 atom stereocenters. The number of carbonyl (C=O) groups excluding carboxylic acids is 1. The monoisotopic (exact) mass is 397 g/mol. The van der Waals surface area contributed by atoms with Crippen molar-refractivity contribution in [2.75, 3.05) is 25.5 Å². The van der Waals surface area contributed by atoms with Gasteiger partial charge in [0, 0.05) is 0 Å². The fraction of sp³-hybridized carbons (Fsp3) is 0.409. The number of nitro groups is 1. The molecule has 1 heterocycles. The van der Waals surface area contributed by atoms with E-state index >= 15 is 0 Å². The van der Waals surface area contributed by atoms with Gasteiger partial charge in [0.15, 0.2) is 0 Å². The quantitative estimate of drug-likeness (QED) is 0.566. The van der Waals surface area contributed by atoms with Gasteiger partial charge in [0.25, 0.3) is 5.69 Å². The molecule has 1 amide bonds. The number of benzene rings is 2. The third-order valence-corrected chi connectivity index (χ3v) is 5.60. The van der Waals surface area contributed by atoms with Gasteiger partial charge in [0.05, 0.1) is 24.1 Å². The van der Waals surface area contributed by atoms with Crippen LogP contribution in [0.25, 0.3) is 0 Å². The molecule has 1 N–H and O–H groups in total. The molecule has 3 rings (SSSR count). The van der Waals surface area contributed by atoms with Crippen LogP contribution in [-0.2, 0) is 11.2 Å². The molecular formula is C22H27N3O4. The van der Waals surface area contributed by atoms with E-state index < -0.39 is 4.92 Å². The summed E-state index contributed by atoms with van der Waals surface area (Å²) in [6.07, 6.45) is 3.14. The third-order valence-electron chi connectivity index (χ3n) is 5.60. The highest BCUT2D eigenvalue weighted by Gasteiger charge is 2.28. The van der Waals surface area contributed by atoms with E-state index in [2.05, 4.69) is 34.5 Å². The Hall–Kier alpha value is -2.93. The number of amides is 1. The average Bonchev–Trinajstić information content (AvgIpc) is 2.74. The van der Waals surface area contributed by atoms with E-state index in [1.165, 1.54) is 24.8 Å². The first-order valence-electron chi connectivity index (χ1n) is 9.89. The fourth-order valence-electron chi connectivity index (χ4n) is 3.79. The molecule has 0 aliphatic carbocycles. The first kappa shape index (κ1) is 20.8. The third kappa shape index (κ3) is 5.32. The lowest BCUT2D eigenvalue weighted by atomic mass is 9.89. The zero-order valence-electron chi connectivity index (χ0n) is 16.8. The van der Waals surface area contributed by atoms with Crippen LogP contribution >= 0.6 is 0 Å². The summed E-state index contributed by atoms with van der Waals surface area (Å²) in [4.78, 5) is 25.7. The Kier molecular flexibility index (Phi) is 6.82. The molecule has 0 bridgehead atoms. The second-order valence-electron chi connectivity index (χ2n) is 7.47. The van der Waals surface area contributed by atoms with Crippen LogP contribution in [0.4, 0.5) is 11.4 Å². The minimum atomic E-state index is -0.516. The highest BCUT2D eigenvalue weighted by Crippen LogP contribution is 2.29. The Bertz CT molecular complexity index is 848. The maximum atomic E-state index is 12.7. The highest BCUT2D eigenvalue weighted by molar-refractivity contribution is 5.96. The molecule has 0 spiro atoms. The Morgan fingerprint density at radius 1 is 1.24 bits per heavy atom. The van der Waals surface area contributed by atoms with Gasteiger partial charge >= 0.3 is 0 Å². The van der Waals surface area contributed by atoms with Crippen LogP contribution in [-0.4, -0.2) is 42.0 Å². The number of nitro benzene ring substituents is 1. The van der Waals surface area contributed by atoms with Gasteiger partial charge < -0.3 is 10.1 Å². The Morgan fingerprint density at radius 3 is 2.55 bits per heavy atom. The largest absolute Gasteiger partial charge is 0.496 e. The zero-order valence-corrected chi connectivity index (χ0v) is 16.8. The summed E-state index contributed by atoms with van der Waals surface area (Å²) in [5.74, 6) is 0.759. The van der Waals surface area contributed by atoms with Gasteiger partial charge in [-0.15, -0.1) is 0 Å². The van der Waals surface area contributed by atoms with E-state index in [9.17, 15) is 14.9 Å². The molecule has 7 heteroatoms. The second-order valence-corrected chi connectivity index (χ2v) is 7.47. The van der Waals surface area contributed by atoms with Gasteiger partial charge in [-0.3, -0.25) is 19.8 Å². The van der Waals surface area contributed by atoms with Crippen LogP contribution in [0.5, 0.6) is 5.75 Å². The smallest absolute Gasteiger partial charge is 0.296 e. The van der Waals surface area contributed by atoms with Gasteiger partial charge in [-0.1, -0.05) is 30.3 Å². The molecule has 2 aromatic rings. The van der Waals surface area contributed by atoms with Gasteiger partial charge in [0.1, 0.15) is 11.4 Å². The summed E-state index contributed by atoms with van der Waals surface area (Å²) < 4.78 is 5.03. The minimum absolute atomic E-state index is 0.175. The number of carbonyl (C=O) groups is 1. The van der Waals surface area contributed by atoms with Crippen molar-refractivity contribution in [3.8, 4) is 5.75 Å². The molecule has 0 radical (unpaired) electrons. The molecule has 1 saturated heterocycles. The molecule has 2 aromatic carbocycles. The summed E-state index contributed by atoms with van der Waals surface area (Å²) in [5.41, 5.74) is 1.36. The maximum Gasteiger partial charge on any atom is 0.296 e. The lowest BCUT2D eigenvalue weighted by Gasteiger charge is -2.35. The molecule has 154 valence electrons. The number of methoxy groups -OCH3 is 1. The van der Waals surface area contributed by atoms with Crippen LogP contribution in [0.2, 0.25) is 0 Å². The Labute approximate surface area is 170 Å². The number of nitrogens with one attached hydrogen (secondary N) is 1. The number of hydrogen-bond acceptors (Lipinski definition) is 5. The normalized spacial score (nSPS) is 16.2. The lowest BCUT2D eigenvalue weighted by molar-refractivity contribution is -0.384. The SMILES string of the molecule is COc1ccc(NC(=O)[C@@H](C)N2CCC(Cc3ccccc3)CC2)c([N+](=O)[O-])c1. The summed E-state index contributed by atoms with van der Waals surface area (Å²) in [6, 6.07) is 14.5. The number of likely N-dealkylation sites (tertiary alicyclic amines) is 1. The maximum absolute atomic E-state index is 12.7. The van der Waals surface area contributed by atoms with Crippen molar-refractivity contribution >= 4 is 17.3 Å². The molecule has 7 nitrogen and oxygen atoms in total.